The summed E-state index contributed by atoms with van der Waals surface area (Å²) in [5, 5.41) is 20.2. The summed E-state index contributed by atoms with van der Waals surface area (Å²) in [5.41, 5.74) is 6.76. The number of aliphatic hydroxyl groups is 1. The van der Waals surface area contributed by atoms with Crippen molar-refractivity contribution in [2.75, 3.05) is 23.8 Å². The van der Waals surface area contributed by atoms with Gasteiger partial charge in [-0.1, -0.05) is 6.92 Å². The van der Waals surface area contributed by atoms with Gasteiger partial charge in [-0.2, -0.15) is 0 Å². The number of nitrogens with zero attached hydrogens (tertiary/aromatic N) is 2. The lowest BCUT2D eigenvalue weighted by Crippen LogP contribution is -2.35. The fourth-order valence-electron chi connectivity index (χ4n) is 2.50. The van der Waals surface area contributed by atoms with Crippen molar-refractivity contribution in [3.8, 4) is 0 Å². The van der Waals surface area contributed by atoms with Crippen LogP contribution in [0.25, 0.3) is 0 Å². The van der Waals surface area contributed by atoms with Gasteiger partial charge in [0.1, 0.15) is 0 Å². The first-order valence-electron chi connectivity index (χ1n) is 5.95. The lowest BCUT2D eigenvalue weighted by atomic mass is 10.0. The molecule has 1 fully saturated rings. The maximum absolute atomic E-state index is 10.8. The van der Waals surface area contributed by atoms with Crippen LogP contribution in [0.3, 0.4) is 0 Å². The fourth-order valence-corrected chi connectivity index (χ4v) is 2.50. The molecule has 0 radical (unpaired) electrons. The molecule has 6 heteroatoms. The molecule has 2 rings (SSSR count). The molecule has 0 bridgehead atoms. The minimum Gasteiger partial charge on any atom is -0.398 e. The Morgan fingerprint density at radius 3 is 2.89 bits per heavy atom. The van der Waals surface area contributed by atoms with Crippen molar-refractivity contribution in [1.29, 1.82) is 0 Å². The number of nitro benzene ring substituents is 1. The van der Waals surface area contributed by atoms with E-state index < -0.39 is 4.92 Å². The molecule has 0 saturated carbocycles. The highest BCUT2D eigenvalue weighted by Gasteiger charge is 2.31. The molecule has 3 N–H and O–H groups in total. The average molecular weight is 251 g/mol. The lowest BCUT2D eigenvalue weighted by molar-refractivity contribution is -0.384. The van der Waals surface area contributed by atoms with Crippen molar-refractivity contribution in [3.63, 3.8) is 0 Å². The van der Waals surface area contributed by atoms with Crippen molar-refractivity contribution < 1.29 is 10.0 Å². The Morgan fingerprint density at radius 2 is 2.28 bits per heavy atom. The molecule has 0 spiro atoms. The van der Waals surface area contributed by atoms with E-state index in [9.17, 15) is 15.2 Å². The van der Waals surface area contributed by atoms with Crippen LogP contribution in [0.1, 0.15) is 13.3 Å². The van der Waals surface area contributed by atoms with Crippen LogP contribution < -0.4 is 10.6 Å². The van der Waals surface area contributed by atoms with E-state index in [1.165, 1.54) is 12.1 Å². The second-order valence-corrected chi connectivity index (χ2v) is 4.75. The van der Waals surface area contributed by atoms with Gasteiger partial charge in [0.15, 0.2) is 0 Å². The Balaban J connectivity index is 2.36. The predicted molar refractivity (Wildman–Crippen MR) is 69.5 cm³/mol. The van der Waals surface area contributed by atoms with E-state index in [-0.39, 0.29) is 18.3 Å². The molecule has 0 amide bonds. The fraction of sp³-hybridized carbons (Fsp3) is 0.500. The summed E-state index contributed by atoms with van der Waals surface area (Å²) < 4.78 is 0. The van der Waals surface area contributed by atoms with Crippen LogP contribution in [-0.4, -0.2) is 29.2 Å². The van der Waals surface area contributed by atoms with Crippen LogP contribution in [0, 0.1) is 16.0 Å². The highest BCUT2D eigenvalue weighted by atomic mass is 16.6. The first kappa shape index (κ1) is 12.6. The molecule has 1 heterocycles. The molecular weight excluding hydrogens is 234 g/mol. The molecule has 1 aromatic carbocycles. The monoisotopic (exact) mass is 251 g/mol. The van der Waals surface area contributed by atoms with Gasteiger partial charge in [-0.05, 0) is 18.4 Å². The van der Waals surface area contributed by atoms with Gasteiger partial charge in [-0.15, -0.1) is 0 Å². The molecule has 6 nitrogen and oxygen atoms in total. The number of rotatable bonds is 3. The summed E-state index contributed by atoms with van der Waals surface area (Å²) >= 11 is 0. The molecule has 1 aromatic rings. The minimum atomic E-state index is -0.451. The van der Waals surface area contributed by atoms with Gasteiger partial charge in [-0.3, -0.25) is 10.1 Å². The summed E-state index contributed by atoms with van der Waals surface area (Å²) in [7, 11) is 0. The van der Waals surface area contributed by atoms with Crippen LogP contribution in [0.15, 0.2) is 18.2 Å². The molecule has 1 saturated heterocycles. The maximum atomic E-state index is 10.8. The SMILES string of the molecule is CC1CCN(c2cc(N)cc([N+](=O)[O-])c2)C1CO. The zero-order valence-electron chi connectivity index (χ0n) is 10.2. The number of hydrogen-bond acceptors (Lipinski definition) is 5. The molecule has 2 atom stereocenters. The Labute approximate surface area is 105 Å². The Kier molecular flexibility index (Phi) is 3.38. The smallest absolute Gasteiger partial charge is 0.273 e. The molecule has 2 unspecified atom stereocenters. The van der Waals surface area contributed by atoms with Crippen molar-refractivity contribution >= 4 is 17.1 Å². The highest BCUT2D eigenvalue weighted by molar-refractivity contribution is 5.63. The van der Waals surface area contributed by atoms with Gasteiger partial charge in [0.2, 0.25) is 0 Å². The third-order valence-electron chi connectivity index (χ3n) is 3.54. The third kappa shape index (κ3) is 2.24. The number of nitrogens with two attached hydrogens (primary N) is 1. The number of aliphatic hydroxyl groups excluding tert-OH is 1. The number of non-ortho nitro benzene ring substituents is 1. The van der Waals surface area contributed by atoms with E-state index in [0.717, 1.165) is 13.0 Å². The topological polar surface area (TPSA) is 92.6 Å². The lowest BCUT2D eigenvalue weighted by Gasteiger charge is -2.27. The van der Waals surface area contributed by atoms with Gasteiger partial charge >= 0.3 is 0 Å². The second kappa shape index (κ2) is 4.81. The number of nitrogen functional groups attached to an aromatic ring is 1. The summed E-state index contributed by atoms with van der Waals surface area (Å²) in [6.45, 7) is 2.90. The zero-order valence-corrected chi connectivity index (χ0v) is 10.2. The molecule has 1 aliphatic heterocycles. The maximum Gasteiger partial charge on any atom is 0.273 e. The van der Waals surface area contributed by atoms with Crippen molar-refractivity contribution in [2.24, 2.45) is 5.92 Å². The van der Waals surface area contributed by atoms with Gasteiger partial charge in [0.05, 0.1) is 17.6 Å². The largest absolute Gasteiger partial charge is 0.398 e. The molecular formula is C12H17N3O3. The van der Waals surface area contributed by atoms with E-state index in [1.54, 1.807) is 6.07 Å². The number of hydrogen-bond donors (Lipinski definition) is 2. The van der Waals surface area contributed by atoms with Gasteiger partial charge < -0.3 is 15.7 Å². The van der Waals surface area contributed by atoms with Gasteiger partial charge in [0, 0.05) is 30.1 Å². The number of nitro groups is 1. The summed E-state index contributed by atoms with van der Waals surface area (Å²) in [5.74, 6) is 0.371. The van der Waals surface area contributed by atoms with Crippen LogP contribution >= 0.6 is 0 Å². The Bertz CT molecular complexity index is 464. The van der Waals surface area contributed by atoms with Crippen molar-refractivity contribution in [1.82, 2.24) is 0 Å². The molecule has 1 aliphatic rings. The van der Waals surface area contributed by atoms with E-state index in [1.807, 2.05) is 4.90 Å². The molecule has 18 heavy (non-hydrogen) atoms. The second-order valence-electron chi connectivity index (χ2n) is 4.75. The normalized spacial score (nSPS) is 23.3. The van der Waals surface area contributed by atoms with Crippen molar-refractivity contribution in [2.45, 2.75) is 19.4 Å². The number of benzene rings is 1. The average Bonchev–Trinajstić information content (AvgIpc) is 2.69. The molecule has 98 valence electrons. The first-order valence-corrected chi connectivity index (χ1v) is 5.95. The quantitative estimate of drug-likeness (QED) is 0.481. The van der Waals surface area contributed by atoms with E-state index in [4.69, 9.17) is 5.73 Å². The Hall–Kier alpha value is -1.82. The van der Waals surface area contributed by atoms with Crippen LogP contribution in [0.4, 0.5) is 17.1 Å². The van der Waals surface area contributed by atoms with E-state index in [0.29, 0.717) is 17.3 Å². The summed E-state index contributed by atoms with van der Waals surface area (Å²) in [6.07, 6.45) is 0.966. The van der Waals surface area contributed by atoms with Gasteiger partial charge in [0.25, 0.3) is 5.69 Å². The van der Waals surface area contributed by atoms with E-state index >= 15 is 0 Å². The summed E-state index contributed by atoms with van der Waals surface area (Å²) in [4.78, 5) is 12.4. The van der Waals surface area contributed by atoms with Crippen LogP contribution in [0.5, 0.6) is 0 Å². The standard InChI is InChI=1S/C12H17N3O3/c1-8-2-3-14(12(8)7-16)10-4-9(13)5-11(6-10)15(17)18/h4-6,8,12,16H,2-3,7,13H2,1H3. The zero-order chi connectivity index (χ0) is 13.3. The number of anilines is 2. The molecule has 0 aliphatic carbocycles. The van der Waals surface area contributed by atoms with Crippen LogP contribution in [0.2, 0.25) is 0 Å². The highest BCUT2D eigenvalue weighted by Crippen LogP contribution is 2.33. The van der Waals surface area contributed by atoms with Gasteiger partial charge in [-0.25, -0.2) is 0 Å². The van der Waals surface area contributed by atoms with Crippen LogP contribution in [-0.2, 0) is 0 Å². The molecule has 0 aromatic heterocycles. The predicted octanol–water partition coefficient (Wildman–Crippen LogP) is 1.38. The minimum absolute atomic E-state index is 0.00593. The van der Waals surface area contributed by atoms with Crippen molar-refractivity contribution in [3.05, 3.63) is 28.3 Å². The third-order valence-corrected chi connectivity index (χ3v) is 3.54. The summed E-state index contributed by atoms with van der Waals surface area (Å²) in [6, 6.07) is 4.58. The first-order chi connectivity index (χ1) is 8.52. The van der Waals surface area contributed by atoms with E-state index in [2.05, 4.69) is 6.92 Å². The Morgan fingerprint density at radius 1 is 1.56 bits per heavy atom.